The van der Waals surface area contributed by atoms with E-state index in [4.69, 9.17) is 35.3 Å². The summed E-state index contributed by atoms with van der Waals surface area (Å²) in [4.78, 5) is 0. The van der Waals surface area contributed by atoms with Crippen LogP contribution in [0.2, 0.25) is 0 Å². The number of furan rings is 8. The topological polar surface area (TPSA) is 125 Å². The minimum absolute atomic E-state index is 0.727. The predicted molar refractivity (Wildman–Crippen MR) is 564 cm³/mol. The summed E-state index contributed by atoms with van der Waals surface area (Å²) in [7, 11) is 0. The molecule has 638 valence electrons. The minimum atomic E-state index is 0.727. The van der Waals surface area contributed by atoms with Gasteiger partial charge in [-0.1, -0.05) is 170 Å². The molecule has 12 heterocycles. The van der Waals surface area contributed by atoms with Crippen molar-refractivity contribution in [3.63, 3.8) is 0 Å². The third-order valence-electron chi connectivity index (χ3n) is 29.9. The van der Waals surface area contributed by atoms with Gasteiger partial charge in [0.1, 0.15) is 89.3 Å². The second-order valence-corrected chi connectivity index (χ2v) is 37.2. The maximum absolute atomic E-state index is 7.00. The van der Waals surface area contributed by atoms with E-state index in [-0.39, 0.29) is 0 Å². The Morgan fingerprint density at radius 3 is 0.442 bits per heavy atom. The van der Waals surface area contributed by atoms with E-state index in [1.807, 2.05) is 0 Å². The Morgan fingerprint density at radius 1 is 0.109 bits per heavy atom. The third kappa shape index (κ3) is 10.0. The van der Waals surface area contributed by atoms with E-state index in [1.54, 1.807) is 0 Å². The maximum Gasteiger partial charge on any atom is 0.139 e. The monoisotopic (exact) mass is 1760 g/mol. The van der Waals surface area contributed by atoms with Crippen LogP contribution in [-0.2, 0) is 0 Å². The van der Waals surface area contributed by atoms with E-state index in [2.05, 4.69) is 419 Å². The molecule has 12 nitrogen and oxygen atoms in total. The summed E-state index contributed by atoms with van der Waals surface area (Å²) in [5, 5.41) is 25.4. The van der Waals surface area contributed by atoms with E-state index in [1.165, 1.54) is 43.1 Å². The highest BCUT2D eigenvalue weighted by Gasteiger charge is 2.28. The third-order valence-corrected chi connectivity index (χ3v) is 29.9. The summed E-state index contributed by atoms with van der Waals surface area (Å²) >= 11 is 0. The molecule has 0 radical (unpaired) electrons. The molecule has 0 saturated heterocycles. The lowest BCUT2D eigenvalue weighted by Crippen LogP contribution is -1.93. The maximum atomic E-state index is 7.00. The van der Waals surface area contributed by atoms with Crippen molar-refractivity contribution in [1.29, 1.82) is 0 Å². The van der Waals surface area contributed by atoms with Gasteiger partial charge in [0.05, 0.1) is 44.1 Å². The first-order valence-corrected chi connectivity index (χ1v) is 46.7. The van der Waals surface area contributed by atoms with Crippen LogP contribution in [0, 0.1) is 0 Å². The molecule has 0 saturated carbocycles. The van der Waals surface area contributed by atoms with Gasteiger partial charge in [-0.3, -0.25) is 0 Å². The van der Waals surface area contributed by atoms with E-state index in [0.29, 0.717) is 0 Å². The van der Waals surface area contributed by atoms with Gasteiger partial charge >= 0.3 is 0 Å². The van der Waals surface area contributed by atoms with Gasteiger partial charge in [0.25, 0.3) is 0 Å². The van der Waals surface area contributed by atoms with Crippen LogP contribution in [-0.4, -0.2) is 18.3 Å². The number of hydrogen-bond donors (Lipinski definition) is 0. The van der Waals surface area contributed by atoms with Crippen LogP contribution in [0.3, 0.4) is 0 Å². The van der Waals surface area contributed by atoms with Crippen molar-refractivity contribution in [2.45, 2.75) is 0 Å². The van der Waals surface area contributed by atoms with Crippen molar-refractivity contribution >= 4 is 263 Å². The first kappa shape index (κ1) is 72.9. The molecule has 0 bridgehead atoms. The number of para-hydroxylation sites is 8. The fourth-order valence-corrected chi connectivity index (χ4v) is 23.7. The van der Waals surface area contributed by atoms with Gasteiger partial charge in [0.2, 0.25) is 0 Å². The highest BCUT2D eigenvalue weighted by molar-refractivity contribution is 6.24. The van der Waals surface area contributed by atoms with Crippen LogP contribution >= 0.6 is 0 Å². The van der Waals surface area contributed by atoms with Crippen LogP contribution in [0.25, 0.3) is 330 Å². The average molecular weight is 1760 g/mol. The van der Waals surface area contributed by atoms with Gasteiger partial charge in [-0.05, 0) is 251 Å². The number of benzene rings is 21. The minimum Gasteiger partial charge on any atom is -0.456 e. The second-order valence-electron chi connectivity index (χ2n) is 37.2. The Morgan fingerprint density at radius 2 is 0.261 bits per heavy atom. The van der Waals surface area contributed by atoms with Gasteiger partial charge in [0.15, 0.2) is 0 Å². The van der Waals surface area contributed by atoms with Crippen LogP contribution in [0.15, 0.2) is 436 Å². The number of aromatic nitrogens is 4. The lowest BCUT2D eigenvalue weighted by Gasteiger charge is -2.19. The number of rotatable bonds is 8. The van der Waals surface area contributed by atoms with Crippen LogP contribution in [0.5, 0.6) is 0 Å². The SMILES string of the molecule is c1ccc2c(c1)c1ccccc1n2-c1ccc2oc3cc4oc5ccc(-c6cc(-c7ccc8oc9cc%10oc%11ccc(-n%12c%13ccccc%13c%13ccccc%13%12)cc%11c%10cc9c8c7)c(-c7ccc8oc9cc%10oc%11ccc(-n%12c%13ccccc%13c%13ccccc%13%12)cc%11c%10cc9c8c7)cc6-c6ccc7oc8cc9oc%10ccc(-n%11c%12ccccc%12c%12ccccc%12%11)cc%10c9cc8c7c6)cc5c4cc3c2c1. The lowest BCUT2D eigenvalue weighted by molar-refractivity contribution is 0.655. The van der Waals surface area contributed by atoms with E-state index < -0.39 is 0 Å². The molecule has 0 unspecified atom stereocenters. The van der Waals surface area contributed by atoms with Gasteiger partial charge in [-0.15, -0.1) is 0 Å². The van der Waals surface area contributed by atoms with E-state index >= 15 is 0 Å². The Hall–Kier alpha value is -18.8. The van der Waals surface area contributed by atoms with Crippen LogP contribution in [0.1, 0.15) is 0 Å². The summed E-state index contributed by atoms with van der Waals surface area (Å²) in [5.74, 6) is 0. The molecule has 0 N–H and O–H groups in total. The smallest absolute Gasteiger partial charge is 0.139 e. The molecule has 0 amide bonds. The van der Waals surface area contributed by atoms with Crippen LogP contribution < -0.4 is 0 Å². The van der Waals surface area contributed by atoms with Gasteiger partial charge in [-0.25, -0.2) is 0 Å². The van der Waals surface area contributed by atoms with Crippen LogP contribution in [0.4, 0.5) is 0 Å². The largest absolute Gasteiger partial charge is 0.456 e. The highest BCUT2D eigenvalue weighted by atomic mass is 16.4. The zero-order valence-corrected chi connectivity index (χ0v) is 73.2. The molecule has 33 aromatic rings. The van der Waals surface area contributed by atoms with Crippen molar-refractivity contribution < 1.29 is 35.3 Å². The number of hydrogen-bond acceptors (Lipinski definition) is 8. The molecule has 0 atom stereocenters. The normalized spacial score (nSPS) is 12.6. The highest BCUT2D eigenvalue weighted by Crippen LogP contribution is 2.52. The van der Waals surface area contributed by atoms with E-state index in [9.17, 15) is 0 Å². The fourth-order valence-electron chi connectivity index (χ4n) is 23.7. The summed E-state index contributed by atoms with van der Waals surface area (Å²) in [5.41, 5.74) is 33.3. The Balaban J connectivity index is 0.617. The molecule has 138 heavy (non-hydrogen) atoms. The molecular formula is C126H66N4O8. The van der Waals surface area contributed by atoms with Gasteiger partial charge < -0.3 is 53.6 Å². The van der Waals surface area contributed by atoms with Crippen molar-refractivity contribution in [2.75, 3.05) is 0 Å². The summed E-state index contributed by atoms with van der Waals surface area (Å²) in [6, 6.07) is 145. The molecule has 0 fully saturated rings. The summed E-state index contributed by atoms with van der Waals surface area (Å²) in [6.45, 7) is 0. The standard InChI is InChI=1S/C126H66N4O8/c1-9-25-103-75(17-1)76-18-2-10-26-104(76)127(103)71-37-45-115-91(53-71)99-59-95-87-49-67(33-41-111(87)131-119(95)63-123(99)135-115)83-57-85(69-35-43-113-89(51-69)97-61-101-93-55-73(39-47-117(93)137-125(101)65-121(97)133-113)129-107-29-13-5-21-79(107)80-22-6-14-30-108(80)129)86(70-36-44-114-90(52-70)98-62-102-94-56-74(40-48-118(94)138-126(102)66-122(98)134-114)130-109-31-15-7-23-81(109)82-24-8-16-32-110(82)130)58-84(83)68-34-42-112-88(50-68)96-60-100-92-54-72(38-46-116(92)136-124(100)64-120(96)132-112)128-105-27-11-3-19-77(105)78-20-4-12-28-106(78)128/h1-66H. The molecule has 21 aromatic carbocycles. The Labute approximate surface area is 778 Å². The molecule has 0 aliphatic carbocycles. The zero-order valence-electron chi connectivity index (χ0n) is 73.2. The molecule has 12 heteroatoms. The average Bonchev–Trinajstić information content (AvgIpc) is 1.47. The Kier molecular flexibility index (Phi) is 14.0. The fraction of sp³-hybridized carbons (Fsp3) is 0. The molecule has 33 rings (SSSR count). The first-order valence-electron chi connectivity index (χ1n) is 46.7. The van der Waals surface area contributed by atoms with Gasteiger partial charge in [-0.2, -0.15) is 0 Å². The van der Waals surface area contributed by atoms with Gasteiger partial charge in [0, 0.05) is 176 Å². The molecular weight excluding hydrogens is 1700 g/mol. The summed E-state index contributed by atoms with van der Waals surface area (Å²) in [6.07, 6.45) is 0. The Bertz CT molecular complexity index is 9860. The second kappa shape index (κ2) is 26.6. The predicted octanol–water partition coefficient (Wildman–Crippen LogP) is 35.9. The molecule has 0 spiro atoms. The summed E-state index contributed by atoms with van der Waals surface area (Å²) < 4.78 is 64.8. The quantitative estimate of drug-likeness (QED) is 0.147. The first-order chi connectivity index (χ1) is 68.3. The number of nitrogens with zero attached hydrogens (tertiary/aromatic N) is 4. The van der Waals surface area contributed by atoms with Crippen molar-refractivity contribution in [2.24, 2.45) is 0 Å². The zero-order chi connectivity index (χ0) is 89.3. The molecule has 0 aliphatic heterocycles. The molecule has 12 aromatic heterocycles. The van der Waals surface area contributed by atoms with Crippen molar-refractivity contribution in [1.82, 2.24) is 18.3 Å². The van der Waals surface area contributed by atoms with Crippen molar-refractivity contribution in [3.05, 3.63) is 400 Å². The van der Waals surface area contributed by atoms with E-state index in [0.717, 1.165) is 287 Å². The number of fused-ring (bicyclic) bond motifs is 36. The molecule has 0 aliphatic rings. The lowest BCUT2D eigenvalue weighted by atomic mass is 9.84. The van der Waals surface area contributed by atoms with Crippen molar-refractivity contribution in [3.8, 4) is 67.3 Å².